The second kappa shape index (κ2) is 8.39. The van der Waals surface area contributed by atoms with Crippen molar-refractivity contribution >= 4 is 28.5 Å². The molecule has 1 fully saturated rings. The van der Waals surface area contributed by atoms with Crippen LogP contribution in [0, 0.1) is 5.92 Å². The molecule has 1 aromatic rings. The van der Waals surface area contributed by atoms with Crippen molar-refractivity contribution in [2.24, 2.45) is 11.7 Å². The van der Waals surface area contributed by atoms with Crippen LogP contribution in [0.4, 0.5) is 5.13 Å². The molecular weight excluding hydrogens is 328 g/mol. The van der Waals surface area contributed by atoms with E-state index in [4.69, 9.17) is 5.73 Å². The van der Waals surface area contributed by atoms with Crippen LogP contribution in [0.3, 0.4) is 0 Å². The molecule has 8 nitrogen and oxygen atoms in total. The normalized spacial score (nSPS) is 16.4. The Bertz CT molecular complexity index is 568. The molecule has 0 radical (unpaired) electrons. The molecule has 1 aliphatic heterocycles. The van der Waals surface area contributed by atoms with E-state index >= 15 is 0 Å². The van der Waals surface area contributed by atoms with E-state index < -0.39 is 6.04 Å². The van der Waals surface area contributed by atoms with Gasteiger partial charge >= 0.3 is 0 Å². The number of hydrogen-bond donors (Lipinski definition) is 2. The summed E-state index contributed by atoms with van der Waals surface area (Å²) < 4.78 is 4.29. The third kappa shape index (κ3) is 4.64. The smallest absolute Gasteiger partial charge is 0.242 e. The van der Waals surface area contributed by atoms with Crippen LogP contribution in [0.25, 0.3) is 0 Å². The topological polar surface area (TPSA) is 104 Å². The Labute approximate surface area is 146 Å². The van der Waals surface area contributed by atoms with Gasteiger partial charge in [0.15, 0.2) is 0 Å². The minimum absolute atomic E-state index is 0.00194. The summed E-state index contributed by atoms with van der Waals surface area (Å²) in [6.45, 7) is 8.47. The first-order valence-electron chi connectivity index (χ1n) is 8.31. The average Bonchev–Trinajstić information content (AvgIpc) is 3.07. The van der Waals surface area contributed by atoms with Crippen LogP contribution in [0.1, 0.15) is 26.6 Å². The number of piperazine rings is 1. The van der Waals surface area contributed by atoms with E-state index in [0.717, 1.165) is 30.5 Å². The zero-order valence-electron chi connectivity index (χ0n) is 14.5. The Balaban J connectivity index is 1.77. The van der Waals surface area contributed by atoms with E-state index in [0.29, 0.717) is 13.1 Å². The summed E-state index contributed by atoms with van der Waals surface area (Å²) in [5.74, 6) is 0.546. The minimum atomic E-state index is -0.584. The largest absolute Gasteiger partial charge is 0.346 e. The lowest BCUT2D eigenvalue weighted by Gasteiger charge is -2.34. The van der Waals surface area contributed by atoms with Crippen LogP contribution in [0.5, 0.6) is 0 Å². The number of hydrogen-bond acceptors (Lipinski definition) is 7. The monoisotopic (exact) mass is 354 g/mol. The fraction of sp³-hybridized carbons (Fsp3) is 0.733. The molecule has 2 rings (SSSR count). The lowest BCUT2D eigenvalue weighted by atomic mass is 10.1. The van der Waals surface area contributed by atoms with Gasteiger partial charge in [0.05, 0.1) is 12.6 Å². The average molecular weight is 354 g/mol. The molecular formula is C15H26N6O2S. The van der Waals surface area contributed by atoms with Crippen molar-refractivity contribution in [3.8, 4) is 0 Å². The SMILES string of the molecule is CCc1nsc(N2CCN(C(=O)CNC(=O)[C@@H](N)C(C)C)CC2)n1. The highest BCUT2D eigenvalue weighted by Crippen LogP contribution is 2.19. The molecule has 0 aliphatic carbocycles. The molecule has 24 heavy (non-hydrogen) atoms. The van der Waals surface area contributed by atoms with Gasteiger partial charge in [-0.1, -0.05) is 20.8 Å². The third-order valence-corrected chi connectivity index (χ3v) is 4.93. The van der Waals surface area contributed by atoms with Crippen molar-refractivity contribution in [1.82, 2.24) is 19.6 Å². The second-order valence-corrected chi connectivity index (χ2v) is 6.93. The molecule has 1 aromatic heterocycles. The first-order valence-corrected chi connectivity index (χ1v) is 9.08. The lowest BCUT2D eigenvalue weighted by molar-refractivity contribution is -0.133. The molecule has 0 spiro atoms. The molecule has 0 aromatic carbocycles. The fourth-order valence-electron chi connectivity index (χ4n) is 2.36. The predicted molar refractivity (Wildman–Crippen MR) is 93.9 cm³/mol. The number of nitrogens with one attached hydrogen (secondary N) is 1. The Morgan fingerprint density at radius 2 is 1.96 bits per heavy atom. The number of aromatic nitrogens is 2. The third-order valence-electron chi connectivity index (χ3n) is 4.11. The quantitative estimate of drug-likeness (QED) is 0.736. The lowest BCUT2D eigenvalue weighted by Crippen LogP contribution is -2.52. The van der Waals surface area contributed by atoms with Gasteiger partial charge in [-0.25, -0.2) is 4.98 Å². The number of anilines is 1. The summed E-state index contributed by atoms with van der Waals surface area (Å²) >= 11 is 1.40. The molecule has 0 bridgehead atoms. The van der Waals surface area contributed by atoms with E-state index in [9.17, 15) is 9.59 Å². The van der Waals surface area contributed by atoms with Crippen molar-refractivity contribution in [2.45, 2.75) is 33.2 Å². The van der Waals surface area contributed by atoms with E-state index in [2.05, 4.69) is 19.6 Å². The summed E-state index contributed by atoms with van der Waals surface area (Å²) in [5.41, 5.74) is 5.77. The second-order valence-electron chi connectivity index (χ2n) is 6.20. The van der Waals surface area contributed by atoms with Gasteiger partial charge in [-0.3, -0.25) is 9.59 Å². The molecule has 2 amide bonds. The first kappa shape index (κ1) is 18.6. The number of rotatable bonds is 6. The van der Waals surface area contributed by atoms with Gasteiger partial charge in [0.2, 0.25) is 16.9 Å². The molecule has 1 atom stereocenters. The molecule has 0 unspecified atom stereocenters. The van der Waals surface area contributed by atoms with Crippen molar-refractivity contribution in [3.05, 3.63) is 5.82 Å². The van der Waals surface area contributed by atoms with E-state index in [1.165, 1.54) is 11.5 Å². The number of amides is 2. The van der Waals surface area contributed by atoms with Gasteiger partial charge in [0.1, 0.15) is 5.82 Å². The van der Waals surface area contributed by atoms with Crippen LogP contribution >= 0.6 is 11.5 Å². The zero-order valence-corrected chi connectivity index (χ0v) is 15.3. The maximum Gasteiger partial charge on any atom is 0.242 e. The molecule has 3 N–H and O–H groups in total. The maximum atomic E-state index is 12.2. The highest BCUT2D eigenvalue weighted by atomic mass is 32.1. The molecule has 1 aliphatic rings. The number of aryl methyl sites for hydroxylation is 1. The van der Waals surface area contributed by atoms with Gasteiger partial charge in [-0.2, -0.15) is 4.37 Å². The van der Waals surface area contributed by atoms with Gasteiger partial charge in [0.25, 0.3) is 0 Å². The molecule has 9 heteroatoms. The molecule has 2 heterocycles. The number of nitrogens with zero attached hydrogens (tertiary/aromatic N) is 4. The summed E-state index contributed by atoms with van der Waals surface area (Å²) in [4.78, 5) is 32.4. The highest BCUT2D eigenvalue weighted by Gasteiger charge is 2.24. The molecule has 134 valence electrons. The number of nitrogens with two attached hydrogens (primary N) is 1. The van der Waals surface area contributed by atoms with Crippen LogP contribution < -0.4 is 16.0 Å². The zero-order chi connectivity index (χ0) is 17.7. The summed E-state index contributed by atoms with van der Waals surface area (Å²) in [5, 5.41) is 3.54. The highest BCUT2D eigenvalue weighted by molar-refractivity contribution is 7.09. The van der Waals surface area contributed by atoms with Crippen LogP contribution in [0.15, 0.2) is 0 Å². The Kier molecular flexibility index (Phi) is 6.50. The summed E-state index contributed by atoms with van der Waals surface area (Å²) in [6, 6.07) is -0.584. The van der Waals surface area contributed by atoms with Crippen molar-refractivity contribution in [1.29, 1.82) is 0 Å². The van der Waals surface area contributed by atoms with Crippen molar-refractivity contribution < 1.29 is 9.59 Å². The molecule has 0 saturated carbocycles. The van der Waals surface area contributed by atoms with Crippen molar-refractivity contribution in [3.63, 3.8) is 0 Å². The number of carbonyl (C=O) groups excluding carboxylic acids is 2. The molecule has 1 saturated heterocycles. The van der Waals surface area contributed by atoms with Crippen molar-refractivity contribution in [2.75, 3.05) is 37.6 Å². The van der Waals surface area contributed by atoms with E-state index in [1.807, 2.05) is 20.8 Å². The Morgan fingerprint density at radius 1 is 1.29 bits per heavy atom. The van der Waals surface area contributed by atoms with Gasteiger partial charge < -0.3 is 20.9 Å². The minimum Gasteiger partial charge on any atom is -0.346 e. The van der Waals surface area contributed by atoms with E-state index in [1.54, 1.807) is 4.90 Å². The van der Waals surface area contributed by atoms with Gasteiger partial charge in [-0.05, 0) is 5.92 Å². The van der Waals surface area contributed by atoms with Gasteiger partial charge in [0, 0.05) is 44.1 Å². The summed E-state index contributed by atoms with van der Waals surface area (Å²) in [7, 11) is 0. The fourth-order valence-corrected chi connectivity index (χ4v) is 3.16. The Hall–Kier alpha value is -1.74. The van der Waals surface area contributed by atoms with Crippen LogP contribution in [0.2, 0.25) is 0 Å². The van der Waals surface area contributed by atoms with Crippen LogP contribution in [-0.2, 0) is 16.0 Å². The number of carbonyl (C=O) groups is 2. The van der Waals surface area contributed by atoms with Gasteiger partial charge in [-0.15, -0.1) is 0 Å². The standard InChI is InChI=1S/C15H26N6O2S/c1-4-11-18-15(24-19-11)21-7-5-20(6-8-21)12(22)9-17-14(23)13(16)10(2)3/h10,13H,4-9,16H2,1-3H3,(H,17,23)/t13-/m0/s1. The first-order chi connectivity index (χ1) is 11.4. The Morgan fingerprint density at radius 3 is 2.50 bits per heavy atom. The van der Waals surface area contributed by atoms with Crippen LogP contribution in [-0.4, -0.2) is 64.8 Å². The van der Waals surface area contributed by atoms with E-state index in [-0.39, 0.29) is 24.3 Å². The predicted octanol–water partition coefficient (Wildman–Crippen LogP) is -0.151. The maximum absolute atomic E-state index is 12.2. The summed E-state index contributed by atoms with van der Waals surface area (Å²) in [6.07, 6.45) is 0.827.